The molecule has 2 unspecified atom stereocenters. The van der Waals surface area contributed by atoms with Crippen LogP contribution < -0.4 is 10.6 Å². The van der Waals surface area contributed by atoms with E-state index in [0.29, 0.717) is 17.9 Å². The fourth-order valence-electron chi connectivity index (χ4n) is 2.50. The number of alkyl halides is 1. The van der Waals surface area contributed by atoms with Crippen LogP contribution in [0.15, 0.2) is 48.5 Å². The molecule has 0 heterocycles. The number of nitrogens with one attached hydrogen (secondary N) is 2. The first-order valence-electron chi connectivity index (χ1n) is 8.65. The van der Waals surface area contributed by atoms with Crippen molar-refractivity contribution in [1.82, 2.24) is 0 Å². The lowest BCUT2D eigenvalue weighted by Crippen LogP contribution is -2.22. The summed E-state index contributed by atoms with van der Waals surface area (Å²) in [5, 5.41) is 16.3. The summed E-state index contributed by atoms with van der Waals surface area (Å²) in [6.07, 6.45) is -0.678. The highest BCUT2D eigenvalue weighted by Gasteiger charge is 2.14. The van der Waals surface area contributed by atoms with Gasteiger partial charge in [-0.1, -0.05) is 30.3 Å². The second kappa shape index (κ2) is 10.0. The van der Waals surface area contributed by atoms with Crippen molar-refractivity contribution >= 4 is 28.9 Å². The number of carbonyl (C=O) groups is 1. The van der Waals surface area contributed by atoms with Crippen LogP contribution in [0.1, 0.15) is 35.8 Å². The van der Waals surface area contributed by atoms with Gasteiger partial charge in [0, 0.05) is 12.6 Å². The van der Waals surface area contributed by atoms with Gasteiger partial charge in [-0.3, -0.25) is 0 Å². The average molecular weight is 377 g/mol. The summed E-state index contributed by atoms with van der Waals surface area (Å²) >= 11 is 5.67. The fourth-order valence-corrected chi connectivity index (χ4v) is 2.61. The molecule has 0 aliphatic heterocycles. The highest BCUT2D eigenvalue weighted by Crippen LogP contribution is 2.28. The van der Waals surface area contributed by atoms with Crippen molar-refractivity contribution < 1.29 is 14.6 Å². The highest BCUT2D eigenvalue weighted by molar-refractivity contribution is 6.18. The number of anilines is 2. The van der Waals surface area contributed by atoms with E-state index < -0.39 is 6.10 Å². The number of benzene rings is 2. The molecule has 2 aromatic carbocycles. The minimum absolute atomic E-state index is 0.0724. The number of ether oxygens (including phenoxy) is 1. The zero-order valence-electron chi connectivity index (χ0n) is 15.0. The van der Waals surface area contributed by atoms with Gasteiger partial charge in [-0.05, 0) is 37.6 Å². The van der Waals surface area contributed by atoms with Crippen LogP contribution in [0, 0.1) is 0 Å². The van der Waals surface area contributed by atoms with E-state index in [0.717, 1.165) is 11.3 Å². The molecule has 0 bridgehead atoms. The van der Waals surface area contributed by atoms with Crippen molar-refractivity contribution in [2.45, 2.75) is 26.0 Å². The number of halogens is 1. The molecular formula is C20H25ClN2O3. The molecule has 2 rings (SSSR count). The first kappa shape index (κ1) is 20.1. The predicted octanol–water partition coefficient (Wildman–Crippen LogP) is 4.05. The number of aliphatic hydroxyl groups is 1. The van der Waals surface area contributed by atoms with E-state index in [1.54, 1.807) is 19.1 Å². The lowest BCUT2D eigenvalue weighted by atomic mass is 10.1. The van der Waals surface area contributed by atoms with Crippen molar-refractivity contribution in [1.29, 1.82) is 0 Å². The normalized spacial score (nSPS) is 12.9. The molecule has 6 heteroatoms. The predicted molar refractivity (Wildman–Crippen MR) is 106 cm³/mol. The van der Waals surface area contributed by atoms with E-state index in [2.05, 4.69) is 29.7 Å². The molecule has 2 aromatic rings. The van der Waals surface area contributed by atoms with Gasteiger partial charge in [0.15, 0.2) is 0 Å². The third-order valence-corrected chi connectivity index (χ3v) is 4.26. The number of hydrogen-bond donors (Lipinski definition) is 3. The first-order chi connectivity index (χ1) is 12.5. The Bertz CT molecular complexity index is 709. The topological polar surface area (TPSA) is 70.6 Å². The third-order valence-electron chi connectivity index (χ3n) is 3.91. The van der Waals surface area contributed by atoms with Crippen molar-refractivity contribution in [2.24, 2.45) is 0 Å². The molecule has 0 fully saturated rings. The molecule has 0 saturated carbocycles. The summed E-state index contributed by atoms with van der Waals surface area (Å²) in [6.45, 7) is 4.43. The Balaban J connectivity index is 2.23. The first-order valence-corrected chi connectivity index (χ1v) is 9.19. The van der Waals surface area contributed by atoms with E-state index in [1.165, 1.54) is 0 Å². The maximum atomic E-state index is 12.0. The summed E-state index contributed by atoms with van der Waals surface area (Å²) in [7, 11) is 0. The van der Waals surface area contributed by atoms with E-state index in [-0.39, 0.29) is 24.4 Å². The minimum Gasteiger partial charge on any atom is -0.462 e. The Kier molecular flexibility index (Phi) is 7.75. The van der Waals surface area contributed by atoms with Crippen LogP contribution in [0.4, 0.5) is 11.4 Å². The van der Waals surface area contributed by atoms with Crippen molar-refractivity contribution in [3.05, 3.63) is 59.7 Å². The number of esters is 1. The second-order valence-electron chi connectivity index (χ2n) is 5.95. The lowest BCUT2D eigenvalue weighted by Gasteiger charge is -2.20. The van der Waals surface area contributed by atoms with Gasteiger partial charge in [0.05, 0.1) is 35.5 Å². The molecule has 0 aliphatic rings. The Morgan fingerprint density at radius 3 is 2.58 bits per heavy atom. The standard InChI is InChI=1S/C20H25ClN2O3/c1-3-26-20(25)16-9-10-18(19(11-16)22-13-17(24)12-21)23-14(2)15-7-5-4-6-8-15/h4-11,14,17,22-24H,3,12-13H2,1-2H3. The fraction of sp³-hybridized carbons (Fsp3) is 0.350. The molecule has 140 valence electrons. The molecular weight excluding hydrogens is 352 g/mol. The number of aliphatic hydroxyl groups excluding tert-OH is 1. The van der Waals surface area contributed by atoms with Gasteiger partial charge in [-0.2, -0.15) is 0 Å². The number of carbonyl (C=O) groups excluding carboxylic acids is 1. The zero-order valence-corrected chi connectivity index (χ0v) is 15.8. The largest absolute Gasteiger partial charge is 0.462 e. The quantitative estimate of drug-likeness (QED) is 0.455. The molecule has 0 aliphatic carbocycles. The Hall–Kier alpha value is -2.24. The summed E-state index contributed by atoms with van der Waals surface area (Å²) < 4.78 is 5.06. The monoisotopic (exact) mass is 376 g/mol. The molecule has 0 saturated heterocycles. The average Bonchev–Trinajstić information content (AvgIpc) is 2.67. The molecule has 0 amide bonds. The van der Waals surface area contributed by atoms with E-state index in [4.69, 9.17) is 16.3 Å². The molecule has 26 heavy (non-hydrogen) atoms. The minimum atomic E-state index is -0.678. The van der Waals surface area contributed by atoms with E-state index in [1.807, 2.05) is 24.3 Å². The van der Waals surface area contributed by atoms with Crippen molar-refractivity contribution in [2.75, 3.05) is 29.7 Å². The van der Waals surface area contributed by atoms with Crippen LogP contribution >= 0.6 is 11.6 Å². The number of hydrogen-bond acceptors (Lipinski definition) is 5. The van der Waals surface area contributed by atoms with E-state index >= 15 is 0 Å². The van der Waals surface area contributed by atoms with Crippen LogP contribution in [-0.4, -0.2) is 36.2 Å². The Labute approximate surface area is 159 Å². The van der Waals surface area contributed by atoms with Gasteiger partial charge in [0.2, 0.25) is 0 Å². The van der Waals surface area contributed by atoms with Gasteiger partial charge < -0.3 is 20.5 Å². The van der Waals surface area contributed by atoms with Crippen LogP contribution in [0.25, 0.3) is 0 Å². The smallest absolute Gasteiger partial charge is 0.338 e. The molecule has 0 radical (unpaired) electrons. The van der Waals surface area contributed by atoms with Gasteiger partial charge in [0.25, 0.3) is 0 Å². The van der Waals surface area contributed by atoms with Crippen molar-refractivity contribution in [3.63, 3.8) is 0 Å². The van der Waals surface area contributed by atoms with Crippen LogP contribution in [0.2, 0.25) is 0 Å². The summed E-state index contributed by atoms with van der Waals surface area (Å²) in [5.41, 5.74) is 3.14. The zero-order chi connectivity index (χ0) is 18.9. The Morgan fingerprint density at radius 1 is 1.19 bits per heavy atom. The van der Waals surface area contributed by atoms with Crippen LogP contribution in [0.5, 0.6) is 0 Å². The summed E-state index contributed by atoms with van der Waals surface area (Å²) in [6, 6.07) is 15.4. The van der Waals surface area contributed by atoms with Crippen LogP contribution in [-0.2, 0) is 4.74 Å². The summed E-state index contributed by atoms with van der Waals surface area (Å²) in [5.74, 6) is -0.246. The Morgan fingerprint density at radius 2 is 1.92 bits per heavy atom. The van der Waals surface area contributed by atoms with Gasteiger partial charge in [-0.25, -0.2) is 4.79 Å². The molecule has 5 nitrogen and oxygen atoms in total. The molecule has 2 atom stereocenters. The van der Waals surface area contributed by atoms with E-state index in [9.17, 15) is 9.90 Å². The maximum Gasteiger partial charge on any atom is 0.338 e. The lowest BCUT2D eigenvalue weighted by molar-refractivity contribution is 0.0526. The molecule has 3 N–H and O–H groups in total. The number of rotatable bonds is 9. The summed E-state index contributed by atoms with van der Waals surface area (Å²) in [4.78, 5) is 12.0. The molecule has 0 aromatic heterocycles. The van der Waals surface area contributed by atoms with Gasteiger partial charge in [0.1, 0.15) is 0 Å². The van der Waals surface area contributed by atoms with Gasteiger partial charge in [-0.15, -0.1) is 11.6 Å². The SMILES string of the molecule is CCOC(=O)c1ccc(NC(C)c2ccccc2)c(NCC(O)CCl)c1. The molecule has 0 spiro atoms. The van der Waals surface area contributed by atoms with Gasteiger partial charge >= 0.3 is 5.97 Å². The second-order valence-corrected chi connectivity index (χ2v) is 6.26. The van der Waals surface area contributed by atoms with Crippen molar-refractivity contribution in [3.8, 4) is 0 Å². The van der Waals surface area contributed by atoms with Crippen LogP contribution in [0.3, 0.4) is 0 Å². The maximum absolute atomic E-state index is 12.0. The third kappa shape index (κ3) is 5.64. The highest BCUT2D eigenvalue weighted by atomic mass is 35.5.